The Bertz CT molecular complexity index is 851. The van der Waals surface area contributed by atoms with Crippen molar-refractivity contribution >= 4 is 16.7 Å². The lowest BCUT2D eigenvalue weighted by atomic mass is 9.98. The average molecular weight is 273 g/mol. The number of carbonyl (C=O) groups is 1. The molecule has 0 bridgehead atoms. The summed E-state index contributed by atoms with van der Waals surface area (Å²) >= 11 is 0. The smallest absolute Gasteiger partial charge is 0.193 e. The van der Waals surface area contributed by atoms with Crippen molar-refractivity contribution in [1.29, 1.82) is 0 Å². The molecule has 1 aliphatic carbocycles. The van der Waals surface area contributed by atoms with E-state index >= 15 is 0 Å². The van der Waals surface area contributed by atoms with Crippen LogP contribution in [0, 0.1) is 0 Å². The van der Waals surface area contributed by atoms with Gasteiger partial charge in [0.15, 0.2) is 5.78 Å². The normalized spacial score (nSPS) is 13.3. The van der Waals surface area contributed by atoms with Crippen LogP contribution < -0.4 is 0 Å². The highest BCUT2D eigenvalue weighted by atomic mass is 16.1. The molecule has 0 fully saturated rings. The Labute approximate surface area is 123 Å². The van der Waals surface area contributed by atoms with Gasteiger partial charge in [-0.25, -0.2) is 0 Å². The van der Waals surface area contributed by atoms with Crippen molar-refractivity contribution in [3.63, 3.8) is 0 Å². The third-order valence-corrected chi connectivity index (χ3v) is 4.23. The highest BCUT2D eigenvalue weighted by molar-refractivity contribution is 6.10. The van der Waals surface area contributed by atoms with Gasteiger partial charge in [-0.1, -0.05) is 18.2 Å². The van der Waals surface area contributed by atoms with Gasteiger partial charge in [0.1, 0.15) is 0 Å². The second kappa shape index (κ2) is 4.81. The number of carbonyl (C=O) groups excluding carboxylic acids is 1. The molecule has 1 aromatic heterocycles. The van der Waals surface area contributed by atoms with Crippen LogP contribution in [-0.4, -0.2) is 10.8 Å². The minimum Gasteiger partial charge on any atom is -0.289 e. The Morgan fingerprint density at radius 2 is 1.71 bits per heavy atom. The summed E-state index contributed by atoms with van der Waals surface area (Å²) < 4.78 is 0. The first kappa shape index (κ1) is 12.3. The molecule has 0 amide bonds. The maximum absolute atomic E-state index is 12.7. The molecule has 0 spiro atoms. The zero-order chi connectivity index (χ0) is 14.2. The minimum atomic E-state index is 0.0930. The Hall–Kier alpha value is -2.48. The largest absolute Gasteiger partial charge is 0.289 e. The first-order valence-electron chi connectivity index (χ1n) is 7.32. The first-order valence-corrected chi connectivity index (χ1v) is 7.32. The van der Waals surface area contributed by atoms with Crippen molar-refractivity contribution in [3.05, 3.63) is 77.0 Å². The van der Waals surface area contributed by atoms with Gasteiger partial charge < -0.3 is 0 Å². The summed E-state index contributed by atoms with van der Waals surface area (Å²) in [5.74, 6) is 0.0930. The van der Waals surface area contributed by atoms with Crippen molar-refractivity contribution < 1.29 is 4.79 Å². The topological polar surface area (TPSA) is 30.0 Å². The summed E-state index contributed by atoms with van der Waals surface area (Å²) in [5, 5.41) is 1.00. The van der Waals surface area contributed by atoms with E-state index in [2.05, 4.69) is 17.1 Å². The lowest BCUT2D eigenvalue weighted by Gasteiger charge is -2.05. The van der Waals surface area contributed by atoms with Gasteiger partial charge in [-0.15, -0.1) is 0 Å². The number of aromatic nitrogens is 1. The van der Waals surface area contributed by atoms with Gasteiger partial charge in [-0.3, -0.25) is 9.78 Å². The summed E-state index contributed by atoms with van der Waals surface area (Å²) in [4.78, 5) is 17.0. The molecule has 0 atom stereocenters. The number of fused-ring (bicyclic) bond motifs is 2. The maximum atomic E-state index is 12.7. The third kappa shape index (κ3) is 2.13. The SMILES string of the molecule is O=C(c1ccc2c(c1)CCC2)c1ccc2ncccc2c1. The van der Waals surface area contributed by atoms with Crippen molar-refractivity contribution in [1.82, 2.24) is 4.98 Å². The Morgan fingerprint density at radius 3 is 2.67 bits per heavy atom. The zero-order valence-corrected chi connectivity index (χ0v) is 11.7. The van der Waals surface area contributed by atoms with E-state index in [1.54, 1.807) is 6.20 Å². The summed E-state index contributed by atoms with van der Waals surface area (Å²) in [6.07, 6.45) is 5.21. The van der Waals surface area contributed by atoms with Gasteiger partial charge in [-0.05, 0) is 60.7 Å². The van der Waals surface area contributed by atoms with Crippen LogP contribution in [0.1, 0.15) is 33.5 Å². The molecule has 0 saturated carbocycles. The molecule has 21 heavy (non-hydrogen) atoms. The van der Waals surface area contributed by atoms with Crippen molar-refractivity contribution in [2.45, 2.75) is 19.3 Å². The number of hydrogen-bond acceptors (Lipinski definition) is 2. The van der Waals surface area contributed by atoms with Gasteiger partial charge in [0, 0.05) is 22.7 Å². The molecule has 0 aliphatic heterocycles. The molecule has 1 heterocycles. The Morgan fingerprint density at radius 1 is 0.905 bits per heavy atom. The summed E-state index contributed by atoms with van der Waals surface area (Å²) in [6, 6.07) is 15.7. The van der Waals surface area contributed by atoms with Crippen LogP contribution in [0.5, 0.6) is 0 Å². The number of aryl methyl sites for hydroxylation is 2. The lowest BCUT2D eigenvalue weighted by molar-refractivity contribution is 0.103. The number of benzene rings is 2. The van der Waals surface area contributed by atoms with Crippen LogP contribution in [0.2, 0.25) is 0 Å². The van der Waals surface area contributed by atoms with Gasteiger partial charge in [0.05, 0.1) is 5.52 Å². The van der Waals surface area contributed by atoms with E-state index < -0.39 is 0 Å². The Kier molecular flexibility index (Phi) is 2.81. The van der Waals surface area contributed by atoms with Crippen LogP contribution in [-0.2, 0) is 12.8 Å². The number of hydrogen-bond donors (Lipinski definition) is 0. The van der Waals surface area contributed by atoms with Gasteiger partial charge in [-0.2, -0.15) is 0 Å². The van der Waals surface area contributed by atoms with E-state index in [4.69, 9.17) is 0 Å². The fourth-order valence-electron chi connectivity index (χ4n) is 3.10. The van der Waals surface area contributed by atoms with E-state index in [9.17, 15) is 4.79 Å². The molecule has 0 saturated heterocycles. The average Bonchev–Trinajstić information content (AvgIpc) is 3.01. The standard InChI is InChI=1S/C19H15NO/c21-19(16-7-6-13-3-1-4-14(13)11-16)17-8-9-18-15(12-17)5-2-10-20-18/h2,5-12H,1,3-4H2. The quantitative estimate of drug-likeness (QED) is 0.662. The van der Waals surface area contributed by atoms with Crippen LogP contribution in [0.4, 0.5) is 0 Å². The van der Waals surface area contributed by atoms with E-state index in [1.165, 1.54) is 17.5 Å². The van der Waals surface area contributed by atoms with Crippen LogP contribution in [0.25, 0.3) is 10.9 Å². The molecule has 2 heteroatoms. The maximum Gasteiger partial charge on any atom is 0.193 e. The van der Waals surface area contributed by atoms with E-state index in [0.29, 0.717) is 0 Å². The minimum absolute atomic E-state index is 0.0930. The van der Waals surface area contributed by atoms with Crippen molar-refractivity contribution in [3.8, 4) is 0 Å². The molecular formula is C19H15NO. The number of ketones is 1. The molecule has 0 N–H and O–H groups in total. The highest BCUT2D eigenvalue weighted by Gasteiger charge is 2.15. The van der Waals surface area contributed by atoms with Crippen LogP contribution in [0.3, 0.4) is 0 Å². The fourth-order valence-corrected chi connectivity index (χ4v) is 3.10. The molecule has 2 aromatic carbocycles. The summed E-state index contributed by atoms with van der Waals surface area (Å²) in [5.41, 5.74) is 5.17. The number of pyridine rings is 1. The summed E-state index contributed by atoms with van der Waals surface area (Å²) in [7, 11) is 0. The van der Waals surface area contributed by atoms with E-state index in [1.807, 2.05) is 36.4 Å². The second-order valence-electron chi connectivity index (χ2n) is 5.58. The van der Waals surface area contributed by atoms with Crippen LogP contribution in [0.15, 0.2) is 54.7 Å². The Balaban J connectivity index is 1.75. The molecule has 3 aromatic rings. The number of rotatable bonds is 2. The zero-order valence-electron chi connectivity index (χ0n) is 11.7. The molecule has 2 nitrogen and oxygen atoms in total. The first-order chi connectivity index (χ1) is 10.3. The molecule has 1 aliphatic rings. The molecule has 4 rings (SSSR count). The predicted molar refractivity (Wildman–Crippen MR) is 83.6 cm³/mol. The summed E-state index contributed by atoms with van der Waals surface area (Å²) in [6.45, 7) is 0. The van der Waals surface area contributed by atoms with Crippen molar-refractivity contribution in [2.24, 2.45) is 0 Å². The van der Waals surface area contributed by atoms with Gasteiger partial charge >= 0.3 is 0 Å². The van der Waals surface area contributed by atoms with Crippen LogP contribution >= 0.6 is 0 Å². The monoisotopic (exact) mass is 273 g/mol. The van der Waals surface area contributed by atoms with Gasteiger partial charge in [0.25, 0.3) is 0 Å². The molecule has 0 unspecified atom stereocenters. The van der Waals surface area contributed by atoms with Gasteiger partial charge in [0.2, 0.25) is 0 Å². The second-order valence-corrected chi connectivity index (χ2v) is 5.58. The third-order valence-electron chi connectivity index (χ3n) is 4.23. The fraction of sp³-hybridized carbons (Fsp3) is 0.158. The molecule has 0 radical (unpaired) electrons. The predicted octanol–water partition coefficient (Wildman–Crippen LogP) is 3.95. The highest BCUT2D eigenvalue weighted by Crippen LogP contribution is 2.24. The van der Waals surface area contributed by atoms with Crippen molar-refractivity contribution in [2.75, 3.05) is 0 Å². The molecular weight excluding hydrogens is 258 g/mol. The lowest BCUT2D eigenvalue weighted by Crippen LogP contribution is -2.02. The number of nitrogens with zero attached hydrogens (tertiary/aromatic N) is 1. The van der Waals surface area contributed by atoms with E-state index in [0.717, 1.165) is 34.9 Å². The molecule has 102 valence electrons. The van der Waals surface area contributed by atoms with E-state index in [-0.39, 0.29) is 5.78 Å².